The molecule has 9 nitrogen and oxygen atoms in total. The van der Waals surface area contributed by atoms with Crippen LogP contribution in [0.25, 0.3) is 33.2 Å². The Hall–Kier alpha value is -3.72. The van der Waals surface area contributed by atoms with Crippen molar-refractivity contribution in [1.29, 1.82) is 0 Å². The third kappa shape index (κ3) is 4.27. The zero-order valence-electron chi connectivity index (χ0n) is 21.7. The number of aromatic hydroxyl groups is 1. The standard InChI is InChI=1S/C28H33N7O2/c1-15-12-35(13-16(2)29-15)20-8-9-23-21(11-20)25(28(37)30-19-6-5-7-19)32-27(31-23)22-10-18-14-34(4)33-24(18)17(3)26(22)36/h8-11,14-16,19,29,36H,5-7,12-13H2,1-4H3,(H,30,37)/t15-,16-/m1/s1. The second-order valence-corrected chi connectivity index (χ2v) is 10.7. The SMILES string of the molecule is Cc1c(O)c(-c2nc(C(=O)NC3CCC3)c3cc(N4C[C@@H](C)N[C@H](C)C4)ccc3n2)cc2cn(C)nc12. The largest absolute Gasteiger partial charge is 0.507 e. The maximum Gasteiger partial charge on any atom is 0.270 e. The van der Waals surface area contributed by atoms with Gasteiger partial charge in [0.2, 0.25) is 0 Å². The highest BCUT2D eigenvalue weighted by Gasteiger charge is 2.26. The number of aromatic nitrogens is 4. The maximum atomic E-state index is 13.5. The molecule has 0 radical (unpaired) electrons. The van der Waals surface area contributed by atoms with Crippen molar-refractivity contribution >= 4 is 33.4 Å². The number of piperazine rings is 1. The van der Waals surface area contributed by atoms with E-state index in [1.54, 1.807) is 4.68 Å². The van der Waals surface area contributed by atoms with E-state index in [0.717, 1.165) is 54.3 Å². The van der Waals surface area contributed by atoms with Gasteiger partial charge in [0.25, 0.3) is 5.91 Å². The summed E-state index contributed by atoms with van der Waals surface area (Å²) in [6.07, 6.45) is 5.00. The van der Waals surface area contributed by atoms with Gasteiger partial charge in [-0.25, -0.2) is 9.97 Å². The summed E-state index contributed by atoms with van der Waals surface area (Å²) in [7, 11) is 1.85. The first-order valence-corrected chi connectivity index (χ1v) is 13.1. The third-order valence-corrected chi connectivity index (χ3v) is 7.62. The van der Waals surface area contributed by atoms with Crippen LogP contribution in [0.3, 0.4) is 0 Å². The van der Waals surface area contributed by atoms with Gasteiger partial charge in [0, 0.05) is 66.5 Å². The molecule has 192 valence electrons. The number of hydrogen-bond donors (Lipinski definition) is 3. The second-order valence-electron chi connectivity index (χ2n) is 10.7. The Kier molecular flexibility index (Phi) is 5.75. The molecule has 1 amide bonds. The van der Waals surface area contributed by atoms with Gasteiger partial charge >= 0.3 is 0 Å². The van der Waals surface area contributed by atoms with Crippen LogP contribution in [0, 0.1) is 6.92 Å². The van der Waals surface area contributed by atoms with E-state index >= 15 is 0 Å². The molecular formula is C28H33N7O2. The minimum atomic E-state index is -0.198. The molecule has 0 unspecified atom stereocenters. The summed E-state index contributed by atoms with van der Waals surface area (Å²) >= 11 is 0. The number of fused-ring (bicyclic) bond motifs is 2. The average Bonchev–Trinajstić information content (AvgIpc) is 3.22. The lowest BCUT2D eigenvalue weighted by Crippen LogP contribution is -2.54. The number of amides is 1. The average molecular weight is 500 g/mol. The molecule has 1 aliphatic carbocycles. The molecule has 6 rings (SSSR count). The molecule has 2 aromatic heterocycles. The van der Waals surface area contributed by atoms with Crippen molar-refractivity contribution in [2.75, 3.05) is 18.0 Å². The summed E-state index contributed by atoms with van der Waals surface area (Å²) in [5.74, 6) is 0.210. The molecule has 2 atom stereocenters. The van der Waals surface area contributed by atoms with Crippen molar-refractivity contribution in [3.63, 3.8) is 0 Å². The Morgan fingerprint density at radius 1 is 1.14 bits per heavy atom. The van der Waals surface area contributed by atoms with Gasteiger partial charge in [-0.05, 0) is 64.3 Å². The van der Waals surface area contributed by atoms with E-state index in [1.165, 1.54) is 0 Å². The van der Waals surface area contributed by atoms with Gasteiger partial charge in [0.1, 0.15) is 11.4 Å². The molecule has 37 heavy (non-hydrogen) atoms. The Labute approximate surface area is 215 Å². The fourth-order valence-electron chi connectivity index (χ4n) is 5.56. The number of carbonyl (C=O) groups excluding carboxylic acids is 1. The van der Waals surface area contributed by atoms with Crippen molar-refractivity contribution in [1.82, 2.24) is 30.4 Å². The van der Waals surface area contributed by atoms with Gasteiger partial charge in [-0.3, -0.25) is 9.48 Å². The van der Waals surface area contributed by atoms with E-state index in [4.69, 9.17) is 9.97 Å². The number of nitrogens with zero attached hydrogens (tertiary/aromatic N) is 5. The van der Waals surface area contributed by atoms with E-state index < -0.39 is 0 Å². The van der Waals surface area contributed by atoms with Gasteiger partial charge in [-0.15, -0.1) is 0 Å². The fraction of sp³-hybridized carbons (Fsp3) is 0.429. The Bertz CT molecular complexity index is 1510. The summed E-state index contributed by atoms with van der Waals surface area (Å²) in [5.41, 5.74) is 3.95. The Morgan fingerprint density at radius 3 is 2.59 bits per heavy atom. The zero-order valence-corrected chi connectivity index (χ0v) is 21.7. The summed E-state index contributed by atoms with van der Waals surface area (Å²) in [6.45, 7) is 7.97. The number of benzene rings is 2. The predicted octanol–water partition coefficient (Wildman–Crippen LogP) is 3.67. The summed E-state index contributed by atoms with van der Waals surface area (Å²) in [6, 6.07) is 8.82. The van der Waals surface area contributed by atoms with Crippen LogP contribution in [0.15, 0.2) is 30.5 Å². The number of phenolic OH excluding ortho intramolecular Hbond substituents is 1. The molecule has 0 bridgehead atoms. The van der Waals surface area contributed by atoms with Crippen LogP contribution >= 0.6 is 0 Å². The van der Waals surface area contributed by atoms with Crippen molar-refractivity contribution in [3.8, 4) is 17.1 Å². The van der Waals surface area contributed by atoms with E-state index in [-0.39, 0.29) is 17.7 Å². The number of rotatable bonds is 4. The van der Waals surface area contributed by atoms with Crippen molar-refractivity contribution in [2.45, 2.75) is 58.2 Å². The molecule has 1 saturated carbocycles. The molecule has 2 aliphatic rings. The lowest BCUT2D eigenvalue weighted by atomic mass is 9.93. The minimum Gasteiger partial charge on any atom is -0.507 e. The topological polar surface area (TPSA) is 108 Å². The number of hydrogen-bond acceptors (Lipinski definition) is 7. The second kappa shape index (κ2) is 8.99. The Morgan fingerprint density at radius 2 is 1.89 bits per heavy atom. The van der Waals surface area contributed by atoms with Gasteiger partial charge in [-0.2, -0.15) is 5.10 Å². The smallest absolute Gasteiger partial charge is 0.270 e. The molecule has 9 heteroatoms. The van der Waals surface area contributed by atoms with Gasteiger partial charge in [0.05, 0.1) is 16.6 Å². The zero-order chi connectivity index (χ0) is 25.8. The van der Waals surface area contributed by atoms with Gasteiger partial charge in [-0.1, -0.05) is 0 Å². The van der Waals surface area contributed by atoms with Crippen molar-refractivity contribution in [3.05, 3.63) is 41.7 Å². The van der Waals surface area contributed by atoms with Crippen LogP contribution in [0.4, 0.5) is 5.69 Å². The summed E-state index contributed by atoms with van der Waals surface area (Å²) < 4.78 is 1.72. The molecule has 1 aliphatic heterocycles. The van der Waals surface area contributed by atoms with Crippen molar-refractivity contribution < 1.29 is 9.90 Å². The molecule has 2 aromatic carbocycles. The van der Waals surface area contributed by atoms with E-state index in [1.807, 2.05) is 38.4 Å². The van der Waals surface area contributed by atoms with Crippen LogP contribution in [-0.2, 0) is 7.05 Å². The first kappa shape index (κ1) is 23.7. The first-order chi connectivity index (χ1) is 17.8. The molecule has 3 N–H and O–H groups in total. The molecule has 3 heterocycles. The molecule has 4 aromatic rings. The number of nitrogens with one attached hydrogen (secondary N) is 2. The predicted molar refractivity (Wildman–Crippen MR) is 145 cm³/mol. The molecular weight excluding hydrogens is 466 g/mol. The number of anilines is 1. The highest BCUT2D eigenvalue weighted by Crippen LogP contribution is 2.37. The molecule has 2 fully saturated rings. The number of aryl methyl sites for hydroxylation is 2. The van der Waals surface area contributed by atoms with Gasteiger partial charge in [0.15, 0.2) is 5.82 Å². The highest BCUT2D eigenvalue weighted by atomic mass is 16.3. The van der Waals surface area contributed by atoms with E-state index in [0.29, 0.717) is 40.2 Å². The maximum absolute atomic E-state index is 13.5. The molecule has 0 spiro atoms. The fourth-order valence-corrected chi connectivity index (χ4v) is 5.56. The quantitative estimate of drug-likeness (QED) is 0.393. The highest BCUT2D eigenvalue weighted by molar-refractivity contribution is 6.06. The van der Waals surface area contributed by atoms with E-state index in [9.17, 15) is 9.90 Å². The van der Waals surface area contributed by atoms with Crippen LogP contribution < -0.4 is 15.5 Å². The molecule has 1 saturated heterocycles. The van der Waals surface area contributed by atoms with Crippen LogP contribution in [-0.4, -0.2) is 62.0 Å². The van der Waals surface area contributed by atoms with Gasteiger partial charge < -0.3 is 20.6 Å². The van der Waals surface area contributed by atoms with Crippen LogP contribution in [0.5, 0.6) is 5.75 Å². The summed E-state index contributed by atoms with van der Waals surface area (Å²) in [4.78, 5) is 25.4. The third-order valence-electron chi connectivity index (χ3n) is 7.62. The lowest BCUT2D eigenvalue weighted by Gasteiger charge is -2.37. The van der Waals surface area contributed by atoms with Crippen molar-refractivity contribution in [2.24, 2.45) is 7.05 Å². The first-order valence-electron chi connectivity index (χ1n) is 13.1. The number of carbonyl (C=O) groups is 1. The van der Waals surface area contributed by atoms with E-state index in [2.05, 4.69) is 40.5 Å². The van der Waals surface area contributed by atoms with Crippen LogP contribution in [0.1, 0.15) is 49.2 Å². The Balaban J connectivity index is 1.49. The summed E-state index contributed by atoms with van der Waals surface area (Å²) in [5, 5.41) is 23.9. The monoisotopic (exact) mass is 499 g/mol. The number of phenols is 1. The van der Waals surface area contributed by atoms with Crippen LogP contribution in [0.2, 0.25) is 0 Å². The minimum absolute atomic E-state index is 0.0799. The normalized spacial score (nSPS) is 20.4. The lowest BCUT2D eigenvalue weighted by molar-refractivity contribution is 0.0913.